The Bertz CT molecular complexity index is 525. The van der Waals surface area contributed by atoms with Crippen molar-refractivity contribution < 1.29 is 9.21 Å². The van der Waals surface area contributed by atoms with Gasteiger partial charge in [-0.2, -0.15) is 12.6 Å². The Morgan fingerprint density at radius 3 is 2.60 bits per heavy atom. The molecule has 0 aliphatic rings. The largest absolute Gasteiger partial charge is 0.467 e. The molecule has 20 heavy (non-hydrogen) atoms. The average Bonchev–Trinajstić information content (AvgIpc) is 2.98. The molecule has 0 N–H and O–H groups in total. The molecule has 1 atom stereocenters. The summed E-state index contributed by atoms with van der Waals surface area (Å²) in [6.45, 7) is 3.10. The van der Waals surface area contributed by atoms with Gasteiger partial charge in [-0.3, -0.25) is 4.79 Å². The number of carbonyl (C=O) groups is 1. The van der Waals surface area contributed by atoms with E-state index in [2.05, 4.69) is 12.6 Å². The predicted octanol–water partition coefficient (Wildman–Crippen LogP) is 3.17. The van der Waals surface area contributed by atoms with Crippen LogP contribution < -0.4 is 0 Å². The first-order valence-corrected chi connectivity index (χ1v) is 7.25. The zero-order chi connectivity index (χ0) is 14.4. The highest BCUT2D eigenvalue weighted by Gasteiger charge is 2.21. The summed E-state index contributed by atoms with van der Waals surface area (Å²) in [5.41, 5.74) is 1.12. The second kappa shape index (κ2) is 7.20. The van der Waals surface area contributed by atoms with Crippen LogP contribution in [0.15, 0.2) is 53.1 Å². The van der Waals surface area contributed by atoms with Gasteiger partial charge in [0.1, 0.15) is 5.76 Å². The van der Waals surface area contributed by atoms with Crippen LogP contribution in [0.2, 0.25) is 0 Å². The van der Waals surface area contributed by atoms with E-state index >= 15 is 0 Å². The maximum absolute atomic E-state index is 12.4. The first kappa shape index (κ1) is 14.7. The smallest absolute Gasteiger partial charge is 0.236 e. The molecular formula is C16H19NO2S. The lowest BCUT2D eigenvalue weighted by molar-refractivity contribution is -0.131. The SMILES string of the molecule is CCN(Cc1ccco1)C(=O)C(S)Cc1ccccc1. The zero-order valence-corrected chi connectivity index (χ0v) is 12.4. The number of thiol groups is 1. The van der Waals surface area contributed by atoms with Crippen LogP contribution in [0.5, 0.6) is 0 Å². The molecule has 106 valence electrons. The highest BCUT2D eigenvalue weighted by Crippen LogP contribution is 2.13. The van der Waals surface area contributed by atoms with Gasteiger partial charge in [0.15, 0.2) is 0 Å². The van der Waals surface area contributed by atoms with Gasteiger partial charge in [-0.25, -0.2) is 0 Å². The van der Waals surface area contributed by atoms with E-state index in [0.29, 0.717) is 19.5 Å². The Kier molecular flexibility index (Phi) is 5.30. The van der Waals surface area contributed by atoms with E-state index < -0.39 is 0 Å². The second-order valence-electron chi connectivity index (χ2n) is 4.64. The van der Waals surface area contributed by atoms with Crippen molar-refractivity contribution in [2.45, 2.75) is 25.1 Å². The number of hydrogen-bond donors (Lipinski definition) is 1. The van der Waals surface area contributed by atoms with Gasteiger partial charge in [0.25, 0.3) is 0 Å². The minimum atomic E-state index is -0.327. The molecule has 1 amide bonds. The summed E-state index contributed by atoms with van der Waals surface area (Å²) in [6.07, 6.45) is 2.26. The van der Waals surface area contributed by atoms with Crippen molar-refractivity contribution in [3.8, 4) is 0 Å². The van der Waals surface area contributed by atoms with Gasteiger partial charge in [-0.1, -0.05) is 30.3 Å². The fourth-order valence-electron chi connectivity index (χ4n) is 2.07. The zero-order valence-electron chi connectivity index (χ0n) is 11.5. The van der Waals surface area contributed by atoms with Crippen molar-refractivity contribution in [2.24, 2.45) is 0 Å². The van der Waals surface area contributed by atoms with Crippen LogP contribution in [-0.2, 0) is 17.8 Å². The van der Waals surface area contributed by atoms with E-state index in [-0.39, 0.29) is 11.2 Å². The minimum absolute atomic E-state index is 0.0380. The van der Waals surface area contributed by atoms with Gasteiger partial charge < -0.3 is 9.32 Å². The summed E-state index contributed by atoms with van der Waals surface area (Å²) in [4.78, 5) is 14.2. The Balaban J connectivity index is 1.97. The maximum Gasteiger partial charge on any atom is 0.236 e. The lowest BCUT2D eigenvalue weighted by Crippen LogP contribution is -2.37. The molecule has 0 aliphatic carbocycles. The lowest BCUT2D eigenvalue weighted by Gasteiger charge is -2.23. The van der Waals surface area contributed by atoms with Gasteiger partial charge in [0, 0.05) is 6.54 Å². The number of furan rings is 1. The van der Waals surface area contributed by atoms with Gasteiger partial charge in [0.05, 0.1) is 18.1 Å². The Morgan fingerprint density at radius 2 is 2.00 bits per heavy atom. The quantitative estimate of drug-likeness (QED) is 0.829. The molecule has 1 unspecified atom stereocenters. The van der Waals surface area contributed by atoms with Crippen molar-refractivity contribution in [2.75, 3.05) is 6.54 Å². The molecule has 1 aromatic carbocycles. The monoisotopic (exact) mass is 289 g/mol. The highest BCUT2D eigenvalue weighted by molar-refractivity contribution is 7.81. The summed E-state index contributed by atoms with van der Waals surface area (Å²) in [5, 5.41) is -0.327. The van der Waals surface area contributed by atoms with E-state index in [1.807, 2.05) is 49.4 Å². The van der Waals surface area contributed by atoms with Crippen LogP contribution in [0.25, 0.3) is 0 Å². The molecule has 2 rings (SSSR count). The van der Waals surface area contributed by atoms with E-state index in [4.69, 9.17) is 4.42 Å². The molecular weight excluding hydrogens is 270 g/mol. The summed E-state index contributed by atoms with van der Waals surface area (Å²) in [6, 6.07) is 13.6. The van der Waals surface area contributed by atoms with E-state index in [9.17, 15) is 4.79 Å². The van der Waals surface area contributed by atoms with Crippen molar-refractivity contribution in [1.82, 2.24) is 4.90 Å². The van der Waals surface area contributed by atoms with Crippen molar-refractivity contribution in [1.29, 1.82) is 0 Å². The van der Waals surface area contributed by atoms with Crippen LogP contribution in [0.4, 0.5) is 0 Å². The molecule has 0 radical (unpaired) electrons. The Hall–Kier alpha value is -1.68. The topological polar surface area (TPSA) is 33.5 Å². The fraction of sp³-hybridized carbons (Fsp3) is 0.312. The normalized spacial score (nSPS) is 12.1. The highest BCUT2D eigenvalue weighted by atomic mass is 32.1. The van der Waals surface area contributed by atoms with Gasteiger partial charge in [0.2, 0.25) is 5.91 Å². The number of amides is 1. The average molecular weight is 289 g/mol. The standard InChI is InChI=1S/C16H19NO2S/c1-2-17(12-14-9-6-10-19-14)16(18)15(20)11-13-7-4-3-5-8-13/h3-10,15,20H,2,11-12H2,1H3. The van der Waals surface area contributed by atoms with Crippen molar-refractivity contribution >= 4 is 18.5 Å². The second-order valence-corrected chi connectivity index (χ2v) is 5.26. The van der Waals surface area contributed by atoms with Gasteiger partial charge in [-0.05, 0) is 31.0 Å². The fourth-order valence-corrected chi connectivity index (χ4v) is 2.45. The molecule has 0 saturated heterocycles. The number of nitrogens with zero attached hydrogens (tertiary/aromatic N) is 1. The molecule has 3 nitrogen and oxygen atoms in total. The lowest BCUT2D eigenvalue weighted by atomic mass is 10.1. The number of benzene rings is 1. The Labute approximate surface area is 125 Å². The van der Waals surface area contributed by atoms with Gasteiger partial charge in [-0.15, -0.1) is 0 Å². The third kappa shape index (κ3) is 3.90. The molecule has 1 heterocycles. The molecule has 2 aromatic rings. The number of carbonyl (C=O) groups excluding carboxylic acids is 1. The van der Waals surface area contributed by atoms with E-state index in [1.54, 1.807) is 11.2 Å². The van der Waals surface area contributed by atoms with Crippen LogP contribution in [0.1, 0.15) is 18.2 Å². The Morgan fingerprint density at radius 1 is 1.25 bits per heavy atom. The molecule has 0 saturated carbocycles. The summed E-state index contributed by atoms with van der Waals surface area (Å²) in [7, 11) is 0. The third-order valence-corrected chi connectivity index (χ3v) is 3.58. The van der Waals surface area contributed by atoms with E-state index in [1.165, 1.54) is 0 Å². The molecule has 1 aromatic heterocycles. The summed E-state index contributed by atoms with van der Waals surface area (Å²) < 4.78 is 5.30. The molecule has 0 bridgehead atoms. The van der Waals surface area contributed by atoms with E-state index in [0.717, 1.165) is 11.3 Å². The van der Waals surface area contributed by atoms with Crippen molar-refractivity contribution in [3.05, 3.63) is 60.1 Å². The van der Waals surface area contributed by atoms with Crippen LogP contribution in [-0.4, -0.2) is 22.6 Å². The van der Waals surface area contributed by atoms with Crippen LogP contribution in [0.3, 0.4) is 0 Å². The number of rotatable bonds is 6. The minimum Gasteiger partial charge on any atom is -0.467 e. The predicted molar refractivity (Wildman–Crippen MR) is 82.7 cm³/mol. The molecule has 4 heteroatoms. The van der Waals surface area contributed by atoms with Crippen molar-refractivity contribution in [3.63, 3.8) is 0 Å². The van der Waals surface area contributed by atoms with Crippen LogP contribution >= 0.6 is 12.6 Å². The maximum atomic E-state index is 12.4. The summed E-state index contributed by atoms with van der Waals surface area (Å²) in [5.74, 6) is 0.830. The number of hydrogen-bond acceptors (Lipinski definition) is 3. The first-order valence-electron chi connectivity index (χ1n) is 6.74. The molecule has 0 fully saturated rings. The van der Waals surface area contributed by atoms with Crippen LogP contribution in [0, 0.1) is 0 Å². The third-order valence-electron chi connectivity index (χ3n) is 3.18. The molecule has 0 spiro atoms. The molecule has 0 aliphatic heterocycles. The first-order chi connectivity index (χ1) is 9.70. The van der Waals surface area contributed by atoms with Gasteiger partial charge >= 0.3 is 0 Å². The summed E-state index contributed by atoms with van der Waals surface area (Å²) >= 11 is 4.46.